The van der Waals surface area contributed by atoms with Gasteiger partial charge in [0.25, 0.3) is 0 Å². The highest BCUT2D eigenvalue weighted by Crippen LogP contribution is 2.18. The number of carbonyl (C=O) groups excluding carboxylic acids is 3. The zero-order chi connectivity index (χ0) is 19.1. The molecule has 0 aliphatic heterocycles. The van der Waals surface area contributed by atoms with Crippen molar-refractivity contribution in [2.24, 2.45) is 11.5 Å². The van der Waals surface area contributed by atoms with Gasteiger partial charge in [-0.15, -0.1) is 0 Å². The van der Waals surface area contributed by atoms with E-state index >= 15 is 0 Å². The summed E-state index contributed by atoms with van der Waals surface area (Å²) >= 11 is 0. The van der Waals surface area contributed by atoms with Gasteiger partial charge in [0.05, 0.1) is 25.2 Å². The van der Waals surface area contributed by atoms with Crippen LogP contribution in [0.2, 0.25) is 0 Å². The lowest BCUT2D eigenvalue weighted by atomic mass is 10.2. The summed E-state index contributed by atoms with van der Waals surface area (Å²) in [5.74, 6) is -2.23. The zero-order valence-electron chi connectivity index (χ0n) is 13.3. The number of primary amides is 1. The average molecular weight is 361 g/mol. The molecule has 1 unspecified atom stereocenters. The smallest absolute Gasteiger partial charge is 0.541 e. The number of aromatic nitrogens is 2. The minimum atomic E-state index is -1.43. The van der Waals surface area contributed by atoms with Crippen molar-refractivity contribution < 1.29 is 34.2 Å². The molecular formula is C12H21N6O7+. The first kappa shape index (κ1) is 20.3. The SMILES string of the molecule is CC(O)[C@@H](N)c1noc([C@@H](CC(N)=O)NC(=O)N[C@H](CO)C(=O)[OH2+])n1. The molecule has 1 aromatic rings. The molecule has 1 heterocycles. The Hall–Kier alpha value is -2.77. The summed E-state index contributed by atoms with van der Waals surface area (Å²) in [6, 6.07) is -4.48. The predicted octanol–water partition coefficient (Wildman–Crippen LogP) is -3.72. The van der Waals surface area contributed by atoms with Crippen molar-refractivity contribution in [2.45, 2.75) is 37.6 Å². The Morgan fingerprint density at radius 3 is 2.48 bits per heavy atom. The number of urea groups is 1. The quantitative estimate of drug-likeness (QED) is 0.237. The molecule has 0 spiro atoms. The Morgan fingerprint density at radius 1 is 1.36 bits per heavy atom. The number of aliphatic hydroxyl groups excluding tert-OH is 2. The second-order valence-electron chi connectivity index (χ2n) is 5.20. The number of aliphatic hydroxyl groups is 2. The van der Waals surface area contributed by atoms with Gasteiger partial charge in [0.1, 0.15) is 6.04 Å². The maximum Gasteiger partial charge on any atom is 0.541 e. The highest BCUT2D eigenvalue weighted by molar-refractivity contribution is 5.83. The molecule has 10 N–H and O–H groups in total. The summed E-state index contributed by atoms with van der Waals surface area (Å²) in [6.45, 7) is 0.643. The number of carbonyl (C=O) groups is 3. The minimum absolute atomic E-state index is 0.0451. The maximum absolute atomic E-state index is 11.9. The van der Waals surface area contributed by atoms with Crippen LogP contribution < -0.4 is 22.1 Å². The fraction of sp³-hybridized carbons (Fsp3) is 0.583. The van der Waals surface area contributed by atoms with E-state index in [2.05, 4.69) is 15.5 Å². The molecule has 4 atom stereocenters. The van der Waals surface area contributed by atoms with Crippen molar-refractivity contribution in [1.82, 2.24) is 20.8 Å². The Kier molecular flexibility index (Phi) is 7.22. The normalized spacial score (nSPS) is 15.7. The van der Waals surface area contributed by atoms with Crippen molar-refractivity contribution in [2.75, 3.05) is 6.61 Å². The molecule has 0 bridgehead atoms. The molecule has 0 saturated heterocycles. The molecule has 0 aliphatic carbocycles. The molecule has 0 saturated carbocycles. The van der Waals surface area contributed by atoms with E-state index in [0.29, 0.717) is 0 Å². The van der Waals surface area contributed by atoms with Crippen LogP contribution in [0.25, 0.3) is 0 Å². The van der Waals surface area contributed by atoms with Crippen molar-refractivity contribution in [3.8, 4) is 0 Å². The molecule has 0 radical (unpaired) electrons. The van der Waals surface area contributed by atoms with E-state index in [1.807, 2.05) is 5.32 Å². The summed E-state index contributed by atoms with van der Waals surface area (Å²) in [7, 11) is 0. The molecule has 140 valence electrons. The summed E-state index contributed by atoms with van der Waals surface area (Å²) in [5, 5.41) is 33.1. The van der Waals surface area contributed by atoms with E-state index in [1.54, 1.807) is 0 Å². The number of nitrogens with two attached hydrogens (primary N) is 2. The third kappa shape index (κ3) is 5.98. The molecule has 13 heteroatoms. The number of rotatable bonds is 9. The first-order valence-electron chi connectivity index (χ1n) is 7.14. The van der Waals surface area contributed by atoms with Crippen LogP contribution in [0.15, 0.2) is 4.52 Å². The van der Waals surface area contributed by atoms with Crippen LogP contribution in [0.4, 0.5) is 4.79 Å². The fourth-order valence-corrected chi connectivity index (χ4v) is 1.69. The molecule has 13 nitrogen and oxygen atoms in total. The van der Waals surface area contributed by atoms with E-state index < -0.39 is 55.2 Å². The fourth-order valence-electron chi connectivity index (χ4n) is 1.69. The van der Waals surface area contributed by atoms with Gasteiger partial charge in [0.2, 0.25) is 17.8 Å². The zero-order valence-corrected chi connectivity index (χ0v) is 13.3. The van der Waals surface area contributed by atoms with Gasteiger partial charge < -0.3 is 41.9 Å². The van der Waals surface area contributed by atoms with Crippen LogP contribution >= 0.6 is 0 Å². The molecule has 0 fully saturated rings. The van der Waals surface area contributed by atoms with Crippen LogP contribution in [0.5, 0.6) is 0 Å². The Labute approximate surface area is 141 Å². The summed E-state index contributed by atoms with van der Waals surface area (Å²) in [4.78, 5) is 37.8. The standard InChI is InChI=1S/C12H20N6O7/c1-4(20)8(14)9-17-10(25-18-9)5(2-7(13)21)15-12(24)16-6(3-19)11(22)23/h4-6,8,19-20H,2-3,14H2,1H3,(H2,13,21)(H,22,23)(H2,15,16,24)/p+1/t4?,5-,6-,8-/m1/s1. The second kappa shape index (κ2) is 8.91. The van der Waals surface area contributed by atoms with Crippen LogP contribution in [0.1, 0.15) is 37.1 Å². The van der Waals surface area contributed by atoms with Crippen LogP contribution in [-0.2, 0) is 9.59 Å². The van der Waals surface area contributed by atoms with Gasteiger partial charge in [-0.1, -0.05) is 5.16 Å². The molecule has 0 aliphatic rings. The van der Waals surface area contributed by atoms with Crippen molar-refractivity contribution in [3.05, 3.63) is 11.7 Å². The number of nitrogens with zero attached hydrogens (tertiary/aromatic N) is 2. The predicted molar refractivity (Wildman–Crippen MR) is 80.6 cm³/mol. The number of amides is 3. The van der Waals surface area contributed by atoms with Crippen molar-refractivity contribution in [3.63, 3.8) is 0 Å². The van der Waals surface area contributed by atoms with Crippen LogP contribution in [-0.4, -0.2) is 62.1 Å². The van der Waals surface area contributed by atoms with Crippen molar-refractivity contribution >= 4 is 17.9 Å². The van der Waals surface area contributed by atoms with Gasteiger partial charge in [0.15, 0.2) is 5.82 Å². The lowest BCUT2D eigenvalue weighted by Gasteiger charge is -2.15. The van der Waals surface area contributed by atoms with E-state index in [1.165, 1.54) is 6.92 Å². The molecule has 25 heavy (non-hydrogen) atoms. The highest BCUT2D eigenvalue weighted by atomic mass is 16.5. The molecule has 0 aromatic carbocycles. The largest absolute Gasteiger partial charge is 0.563 e. The Bertz CT molecular complexity index is 619. The maximum atomic E-state index is 11.9. The first-order valence-corrected chi connectivity index (χ1v) is 7.14. The lowest BCUT2D eigenvalue weighted by molar-refractivity contribution is -0.140. The third-order valence-corrected chi connectivity index (χ3v) is 3.09. The van der Waals surface area contributed by atoms with Gasteiger partial charge >= 0.3 is 12.0 Å². The molecule has 3 amide bonds. The minimum Gasteiger partial charge on any atom is -0.563 e. The second-order valence-corrected chi connectivity index (χ2v) is 5.20. The van der Waals surface area contributed by atoms with E-state index in [9.17, 15) is 19.5 Å². The van der Waals surface area contributed by atoms with E-state index in [0.717, 1.165) is 0 Å². The Morgan fingerprint density at radius 2 is 2.00 bits per heavy atom. The van der Waals surface area contributed by atoms with Gasteiger partial charge in [-0.05, 0) is 6.92 Å². The summed E-state index contributed by atoms with van der Waals surface area (Å²) in [5.41, 5.74) is 10.8. The summed E-state index contributed by atoms with van der Waals surface area (Å²) < 4.78 is 4.92. The monoisotopic (exact) mass is 361 g/mol. The van der Waals surface area contributed by atoms with E-state index in [-0.39, 0.29) is 11.7 Å². The van der Waals surface area contributed by atoms with Crippen molar-refractivity contribution in [1.29, 1.82) is 0 Å². The van der Waals surface area contributed by atoms with Crippen LogP contribution in [0.3, 0.4) is 0 Å². The lowest BCUT2D eigenvalue weighted by Crippen LogP contribution is -2.49. The van der Waals surface area contributed by atoms with Gasteiger partial charge in [-0.25, -0.2) is 4.79 Å². The number of hydrogen-bond donors (Lipinski definition) is 6. The van der Waals surface area contributed by atoms with Gasteiger partial charge in [0, 0.05) is 4.79 Å². The van der Waals surface area contributed by atoms with Crippen LogP contribution in [0, 0.1) is 0 Å². The molecule has 1 aromatic heterocycles. The topological polar surface area (TPSA) is 230 Å². The Balaban J connectivity index is 2.89. The number of nitrogens with one attached hydrogen (secondary N) is 2. The third-order valence-electron chi connectivity index (χ3n) is 3.09. The average Bonchev–Trinajstić information content (AvgIpc) is 3.00. The van der Waals surface area contributed by atoms with E-state index in [4.69, 9.17) is 26.2 Å². The molecule has 1 rings (SSSR count). The van der Waals surface area contributed by atoms with Gasteiger partial charge in [-0.3, -0.25) is 4.79 Å². The summed E-state index contributed by atoms with van der Waals surface area (Å²) in [6.07, 6.45) is -1.37. The number of hydrogen-bond acceptors (Lipinski definition) is 9. The first-order chi connectivity index (χ1) is 11.6. The molecular weight excluding hydrogens is 340 g/mol. The van der Waals surface area contributed by atoms with Gasteiger partial charge in [-0.2, -0.15) is 4.98 Å². The highest BCUT2D eigenvalue weighted by Gasteiger charge is 2.29.